The molecule has 1 amide bonds. The third-order valence-electron chi connectivity index (χ3n) is 3.84. The number of nitrogens with one attached hydrogen (secondary N) is 1. The predicted octanol–water partition coefficient (Wildman–Crippen LogP) is 3.07. The molecule has 1 aromatic rings. The molecule has 1 saturated heterocycles. The minimum absolute atomic E-state index is 0.103. The Labute approximate surface area is 128 Å². The molecule has 1 fully saturated rings. The van der Waals surface area contributed by atoms with Crippen LogP contribution in [0.2, 0.25) is 0 Å². The van der Waals surface area contributed by atoms with E-state index in [0.717, 1.165) is 23.3 Å². The Morgan fingerprint density at radius 3 is 2.62 bits per heavy atom. The quantitative estimate of drug-likeness (QED) is 0.876. The number of anilines is 1. The average Bonchev–Trinajstić information content (AvgIpc) is 2.75. The molecule has 0 aliphatic carbocycles. The number of rotatable bonds is 5. The number of hydrogen-bond donors (Lipinski definition) is 2. The van der Waals surface area contributed by atoms with Crippen LogP contribution in [0.3, 0.4) is 0 Å². The van der Waals surface area contributed by atoms with E-state index in [-0.39, 0.29) is 11.5 Å². The summed E-state index contributed by atoms with van der Waals surface area (Å²) in [6.07, 6.45) is 2.87. The lowest BCUT2D eigenvalue weighted by atomic mass is 9.96. The Hall–Kier alpha value is -1.40. The molecule has 1 aliphatic rings. The van der Waals surface area contributed by atoms with Gasteiger partial charge in [0, 0.05) is 24.5 Å². The Morgan fingerprint density at radius 2 is 2.05 bits per heavy atom. The van der Waals surface area contributed by atoms with Crippen molar-refractivity contribution in [3.8, 4) is 0 Å². The van der Waals surface area contributed by atoms with Gasteiger partial charge in [-0.3, -0.25) is 4.79 Å². The Kier molecular flexibility index (Phi) is 5.36. The summed E-state index contributed by atoms with van der Waals surface area (Å²) in [5, 5.41) is 12.6. The van der Waals surface area contributed by atoms with Crippen LogP contribution >= 0.6 is 11.3 Å². The molecule has 5 nitrogen and oxygen atoms in total. The molecule has 2 heterocycles. The molecule has 0 spiro atoms. The second kappa shape index (κ2) is 7.04. The van der Waals surface area contributed by atoms with Gasteiger partial charge in [-0.25, -0.2) is 4.79 Å². The van der Waals surface area contributed by atoms with Gasteiger partial charge in [-0.2, -0.15) is 0 Å². The molecule has 0 radical (unpaired) electrons. The van der Waals surface area contributed by atoms with Gasteiger partial charge in [0.15, 0.2) is 0 Å². The molecule has 1 aromatic heterocycles. The van der Waals surface area contributed by atoms with Gasteiger partial charge >= 0.3 is 5.97 Å². The van der Waals surface area contributed by atoms with Crippen LogP contribution in [0, 0.1) is 12.8 Å². The number of hydrogen-bond acceptors (Lipinski definition) is 4. The van der Waals surface area contributed by atoms with E-state index in [0.29, 0.717) is 37.0 Å². The highest BCUT2D eigenvalue weighted by molar-refractivity contribution is 7.16. The maximum Gasteiger partial charge on any atom is 0.339 e. The van der Waals surface area contributed by atoms with Crippen LogP contribution in [0.15, 0.2) is 0 Å². The maximum atomic E-state index is 12.1. The highest BCUT2D eigenvalue weighted by Gasteiger charge is 2.23. The van der Waals surface area contributed by atoms with Gasteiger partial charge < -0.3 is 15.2 Å². The van der Waals surface area contributed by atoms with Crippen LogP contribution < -0.4 is 5.32 Å². The van der Waals surface area contributed by atoms with E-state index in [1.807, 2.05) is 13.8 Å². The number of carboxylic acid groups (broad SMARTS) is 1. The van der Waals surface area contributed by atoms with Crippen molar-refractivity contribution in [2.75, 3.05) is 18.5 Å². The molecular formula is C15H21NO4S. The Bertz CT molecular complexity index is 532. The zero-order chi connectivity index (χ0) is 15.4. The first-order valence-corrected chi connectivity index (χ1v) is 8.07. The molecule has 0 atom stereocenters. The summed E-state index contributed by atoms with van der Waals surface area (Å²) in [6, 6.07) is 0. The molecule has 2 N–H and O–H groups in total. The second-order valence-electron chi connectivity index (χ2n) is 5.31. The fraction of sp³-hybridized carbons (Fsp3) is 0.600. The molecule has 6 heteroatoms. The van der Waals surface area contributed by atoms with E-state index in [1.165, 1.54) is 11.3 Å². The van der Waals surface area contributed by atoms with Crippen molar-refractivity contribution < 1.29 is 19.4 Å². The van der Waals surface area contributed by atoms with Crippen LogP contribution in [-0.4, -0.2) is 30.2 Å². The largest absolute Gasteiger partial charge is 0.478 e. The third kappa shape index (κ3) is 3.83. The number of carbonyl (C=O) groups excluding carboxylic acids is 1. The van der Waals surface area contributed by atoms with Crippen molar-refractivity contribution in [1.82, 2.24) is 0 Å². The fourth-order valence-electron chi connectivity index (χ4n) is 2.71. The first-order valence-electron chi connectivity index (χ1n) is 7.26. The van der Waals surface area contributed by atoms with Crippen LogP contribution in [0.1, 0.15) is 47.0 Å². The van der Waals surface area contributed by atoms with Crippen molar-refractivity contribution in [3.05, 3.63) is 16.0 Å². The van der Waals surface area contributed by atoms with Gasteiger partial charge in [0.2, 0.25) is 5.91 Å². The molecule has 0 bridgehead atoms. The Balaban J connectivity index is 2.08. The van der Waals surface area contributed by atoms with Gasteiger partial charge in [0.1, 0.15) is 5.00 Å². The summed E-state index contributed by atoms with van der Waals surface area (Å²) < 4.78 is 5.28. The monoisotopic (exact) mass is 311 g/mol. The lowest BCUT2D eigenvalue weighted by Gasteiger charge is -2.21. The molecule has 0 saturated carbocycles. The van der Waals surface area contributed by atoms with Crippen LogP contribution in [-0.2, 0) is 16.0 Å². The van der Waals surface area contributed by atoms with Gasteiger partial charge in [-0.1, -0.05) is 6.92 Å². The summed E-state index contributed by atoms with van der Waals surface area (Å²) in [7, 11) is 0. The highest BCUT2D eigenvalue weighted by atomic mass is 32.1. The second-order valence-corrected chi connectivity index (χ2v) is 6.53. The van der Waals surface area contributed by atoms with Crippen molar-refractivity contribution in [2.24, 2.45) is 5.92 Å². The lowest BCUT2D eigenvalue weighted by Crippen LogP contribution is -2.22. The first kappa shape index (κ1) is 16.0. The third-order valence-corrected chi connectivity index (χ3v) is 4.91. The maximum absolute atomic E-state index is 12.1. The zero-order valence-corrected chi connectivity index (χ0v) is 13.2. The fourth-order valence-corrected chi connectivity index (χ4v) is 3.86. The molecular weight excluding hydrogens is 290 g/mol. The van der Waals surface area contributed by atoms with E-state index in [1.54, 1.807) is 0 Å². The SMILES string of the molecule is CCc1c(C)sc(NC(=O)CC2CCOCC2)c1C(=O)O. The normalized spacial score (nSPS) is 15.9. The molecule has 1 aliphatic heterocycles. The number of aryl methyl sites for hydroxylation is 1. The summed E-state index contributed by atoms with van der Waals surface area (Å²) in [4.78, 5) is 24.5. The summed E-state index contributed by atoms with van der Waals surface area (Å²) in [5.74, 6) is -0.746. The first-order chi connectivity index (χ1) is 10.0. The van der Waals surface area contributed by atoms with E-state index in [2.05, 4.69) is 5.32 Å². The van der Waals surface area contributed by atoms with Gasteiger partial charge in [0.05, 0.1) is 5.56 Å². The summed E-state index contributed by atoms with van der Waals surface area (Å²) in [6.45, 7) is 5.23. The predicted molar refractivity (Wildman–Crippen MR) is 82.2 cm³/mol. The summed E-state index contributed by atoms with van der Waals surface area (Å²) in [5.41, 5.74) is 1.06. The number of ether oxygens (including phenoxy) is 1. The van der Waals surface area contributed by atoms with Gasteiger partial charge in [-0.05, 0) is 37.7 Å². The van der Waals surface area contributed by atoms with Crippen molar-refractivity contribution in [1.29, 1.82) is 0 Å². The molecule has 0 unspecified atom stereocenters. The van der Waals surface area contributed by atoms with Crippen LogP contribution in [0.25, 0.3) is 0 Å². The van der Waals surface area contributed by atoms with E-state index >= 15 is 0 Å². The Morgan fingerprint density at radius 1 is 1.38 bits per heavy atom. The lowest BCUT2D eigenvalue weighted by molar-refractivity contribution is -0.117. The van der Waals surface area contributed by atoms with E-state index in [9.17, 15) is 14.7 Å². The van der Waals surface area contributed by atoms with Gasteiger partial charge in [0.25, 0.3) is 0 Å². The molecule has 21 heavy (non-hydrogen) atoms. The number of thiophene rings is 1. The standard InChI is InChI=1S/C15H21NO4S/c1-3-11-9(2)21-14(13(11)15(18)19)16-12(17)8-10-4-6-20-7-5-10/h10H,3-8H2,1-2H3,(H,16,17)(H,18,19). The molecule has 0 aromatic carbocycles. The summed E-state index contributed by atoms with van der Waals surface area (Å²) >= 11 is 1.35. The minimum atomic E-state index is -0.974. The van der Waals surface area contributed by atoms with Crippen molar-refractivity contribution >= 4 is 28.2 Å². The van der Waals surface area contributed by atoms with Crippen molar-refractivity contribution in [3.63, 3.8) is 0 Å². The number of amides is 1. The van der Waals surface area contributed by atoms with Crippen LogP contribution in [0.4, 0.5) is 5.00 Å². The molecule has 2 rings (SSSR count). The van der Waals surface area contributed by atoms with Crippen molar-refractivity contribution in [2.45, 2.75) is 39.5 Å². The highest BCUT2D eigenvalue weighted by Crippen LogP contribution is 2.33. The smallest absolute Gasteiger partial charge is 0.339 e. The molecule has 116 valence electrons. The number of carbonyl (C=O) groups is 2. The van der Waals surface area contributed by atoms with Gasteiger partial charge in [-0.15, -0.1) is 11.3 Å². The number of aromatic carboxylic acids is 1. The zero-order valence-electron chi connectivity index (χ0n) is 12.4. The topological polar surface area (TPSA) is 75.6 Å². The average molecular weight is 311 g/mol. The van der Waals surface area contributed by atoms with Crippen LogP contribution in [0.5, 0.6) is 0 Å². The minimum Gasteiger partial charge on any atom is -0.478 e. The van der Waals surface area contributed by atoms with E-state index in [4.69, 9.17) is 4.74 Å². The van der Waals surface area contributed by atoms with E-state index < -0.39 is 5.97 Å². The number of carboxylic acids is 1.